The predicted octanol–water partition coefficient (Wildman–Crippen LogP) is 17.6. The summed E-state index contributed by atoms with van der Waals surface area (Å²) in [6.45, 7) is 4.15. The molecule has 2 atom stereocenters. The van der Waals surface area contributed by atoms with Gasteiger partial charge in [0.15, 0.2) is 0 Å². The van der Waals surface area contributed by atoms with Gasteiger partial charge in [-0.3, -0.25) is 4.79 Å². The summed E-state index contributed by atoms with van der Waals surface area (Å²) >= 11 is 0. The van der Waals surface area contributed by atoms with Crippen LogP contribution in [0.2, 0.25) is 0 Å². The Morgan fingerprint density at radius 3 is 1.13 bits per heavy atom. The minimum Gasteiger partial charge on any atom is -0.394 e. The van der Waals surface area contributed by atoms with Crippen LogP contribution in [0.3, 0.4) is 0 Å². The molecular formula is C58H103NO3. The van der Waals surface area contributed by atoms with Crippen LogP contribution in [0.5, 0.6) is 0 Å². The number of hydrogen-bond donors (Lipinski definition) is 3. The Hall–Kier alpha value is -2.43. The normalized spacial score (nSPS) is 13.5. The Labute approximate surface area is 386 Å². The lowest BCUT2D eigenvalue weighted by Crippen LogP contribution is -2.45. The van der Waals surface area contributed by atoms with Crippen LogP contribution in [-0.4, -0.2) is 34.9 Å². The van der Waals surface area contributed by atoms with Gasteiger partial charge < -0.3 is 15.5 Å². The Morgan fingerprint density at radius 1 is 0.403 bits per heavy atom. The molecule has 0 fully saturated rings. The number of nitrogens with one attached hydrogen (secondary N) is 1. The number of aliphatic hydroxyl groups is 2. The summed E-state index contributed by atoms with van der Waals surface area (Å²) in [6, 6.07) is -0.646. The smallest absolute Gasteiger partial charge is 0.220 e. The second kappa shape index (κ2) is 52.9. The number of allylic oxidation sites excluding steroid dienone is 13. The van der Waals surface area contributed by atoms with Gasteiger partial charge in [0, 0.05) is 6.42 Å². The zero-order chi connectivity index (χ0) is 44.9. The van der Waals surface area contributed by atoms with Gasteiger partial charge in [0.1, 0.15) is 0 Å². The topological polar surface area (TPSA) is 69.6 Å². The van der Waals surface area contributed by atoms with Crippen molar-refractivity contribution in [2.75, 3.05) is 6.61 Å². The van der Waals surface area contributed by atoms with E-state index in [1.165, 1.54) is 173 Å². The lowest BCUT2D eigenvalue weighted by atomic mass is 10.0. The summed E-state index contributed by atoms with van der Waals surface area (Å²) in [5.74, 6) is -0.0777. The van der Waals surface area contributed by atoms with Crippen molar-refractivity contribution in [2.45, 2.75) is 270 Å². The molecule has 0 rings (SSSR count). The van der Waals surface area contributed by atoms with Gasteiger partial charge >= 0.3 is 0 Å². The Morgan fingerprint density at radius 2 is 0.726 bits per heavy atom. The van der Waals surface area contributed by atoms with Gasteiger partial charge in [0.2, 0.25) is 5.91 Å². The second-order valence-electron chi connectivity index (χ2n) is 17.9. The molecule has 0 spiro atoms. The fourth-order valence-corrected chi connectivity index (χ4v) is 7.79. The maximum absolute atomic E-state index is 12.4. The molecule has 0 aromatic heterocycles. The third-order valence-corrected chi connectivity index (χ3v) is 11.8. The minimum atomic E-state index is -0.870. The van der Waals surface area contributed by atoms with Crippen molar-refractivity contribution >= 4 is 5.91 Å². The van der Waals surface area contributed by atoms with Crippen molar-refractivity contribution in [2.24, 2.45) is 0 Å². The third-order valence-electron chi connectivity index (χ3n) is 11.8. The van der Waals surface area contributed by atoms with Crippen LogP contribution < -0.4 is 5.32 Å². The molecule has 0 saturated heterocycles. The SMILES string of the molecule is CC/C=C\C/C=C\C/C=C\C/C=C\CCCCCCCCCCCCCCCCCCCCCCCCCCC(=O)NC(CO)C(O)/C=C/CC/C=C/CC/C=C/CCCCC. The lowest BCUT2D eigenvalue weighted by molar-refractivity contribution is -0.123. The van der Waals surface area contributed by atoms with Gasteiger partial charge in [-0.05, 0) is 83.5 Å². The van der Waals surface area contributed by atoms with E-state index in [2.05, 4.69) is 92.1 Å². The molecule has 1 amide bonds. The van der Waals surface area contributed by atoms with Crippen molar-refractivity contribution in [3.63, 3.8) is 0 Å². The number of carbonyl (C=O) groups is 1. The van der Waals surface area contributed by atoms with E-state index in [0.29, 0.717) is 6.42 Å². The Balaban J connectivity index is 3.44. The second-order valence-corrected chi connectivity index (χ2v) is 17.9. The maximum atomic E-state index is 12.4. The molecule has 0 heterocycles. The standard InChI is InChI=1S/C58H103NO3/c1-3-5-7-9-11-13-15-17-18-19-20-21-22-23-24-25-26-27-28-29-30-31-32-33-34-35-36-37-38-39-40-42-44-46-48-50-52-54-58(62)59-56(55-60)57(61)53-51-49-47-45-43-41-16-14-12-10-8-6-4-2/h5,7,11-14,17-18,20-21,43,45,51,53,56-57,60-61H,3-4,6,8-10,15-16,19,22-42,44,46-50,52,54-55H2,1-2H3,(H,59,62)/b7-5-,13-11-,14-12+,18-17-,21-20-,45-43+,53-51+. The van der Waals surface area contributed by atoms with Crippen LogP contribution >= 0.6 is 0 Å². The third kappa shape index (κ3) is 48.6. The Bertz CT molecular complexity index is 1110. The van der Waals surface area contributed by atoms with E-state index in [0.717, 1.165) is 64.2 Å². The summed E-state index contributed by atoms with van der Waals surface area (Å²) in [6.07, 6.45) is 77.5. The average molecular weight is 862 g/mol. The summed E-state index contributed by atoms with van der Waals surface area (Å²) in [7, 11) is 0. The van der Waals surface area contributed by atoms with E-state index >= 15 is 0 Å². The highest BCUT2D eigenvalue weighted by atomic mass is 16.3. The number of hydrogen-bond acceptors (Lipinski definition) is 3. The van der Waals surface area contributed by atoms with Crippen molar-refractivity contribution in [1.29, 1.82) is 0 Å². The van der Waals surface area contributed by atoms with Gasteiger partial charge in [-0.1, -0.05) is 253 Å². The molecule has 0 radical (unpaired) electrons. The predicted molar refractivity (Wildman–Crippen MR) is 276 cm³/mol. The van der Waals surface area contributed by atoms with Crippen LogP contribution in [0.1, 0.15) is 258 Å². The van der Waals surface area contributed by atoms with E-state index in [1.54, 1.807) is 6.08 Å². The average Bonchev–Trinajstić information content (AvgIpc) is 3.28. The number of rotatable bonds is 48. The highest BCUT2D eigenvalue weighted by molar-refractivity contribution is 5.76. The van der Waals surface area contributed by atoms with Crippen molar-refractivity contribution in [1.82, 2.24) is 5.32 Å². The number of unbranched alkanes of at least 4 members (excludes halogenated alkanes) is 29. The molecule has 0 aromatic rings. The molecule has 0 aliphatic rings. The summed E-state index contributed by atoms with van der Waals surface area (Å²) in [4.78, 5) is 12.4. The molecule has 2 unspecified atom stereocenters. The fraction of sp³-hybridized carbons (Fsp3) is 0.741. The molecule has 0 aliphatic carbocycles. The fourth-order valence-electron chi connectivity index (χ4n) is 7.79. The van der Waals surface area contributed by atoms with E-state index in [1.807, 2.05) is 6.08 Å². The highest BCUT2D eigenvalue weighted by Crippen LogP contribution is 2.16. The van der Waals surface area contributed by atoms with E-state index in [4.69, 9.17) is 0 Å². The van der Waals surface area contributed by atoms with Crippen LogP contribution in [0.25, 0.3) is 0 Å². The first-order valence-electron chi connectivity index (χ1n) is 26.8. The van der Waals surface area contributed by atoms with Crippen molar-refractivity contribution < 1.29 is 15.0 Å². The first-order valence-corrected chi connectivity index (χ1v) is 26.8. The van der Waals surface area contributed by atoms with E-state index in [9.17, 15) is 15.0 Å². The molecule has 62 heavy (non-hydrogen) atoms. The van der Waals surface area contributed by atoms with E-state index < -0.39 is 12.1 Å². The summed E-state index contributed by atoms with van der Waals surface area (Å²) in [5.41, 5.74) is 0. The molecule has 0 bridgehead atoms. The van der Waals surface area contributed by atoms with Gasteiger partial charge in [-0.15, -0.1) is 0 Å². The first kappa shape index (κ1) is 59.6. The summed E-state index contributed by atoms with van der Waals surface area (Å²) in [5, 5.41) is 23.0. The Kier molecular flexibility index (Phi) is 50.8. The van der Waals surface area contributed by atoms with Gasteiger partial charge in [0.05, 0.1) is 18.8 Å². The molecule has 0 aromatic carbocycles. The number of aliphatic hydroxyl groups excluding tert-OH is 2. The zero-order valence-electron chi connectivity index (χ0n) is 41.1. The molecule has 4 nitrogen and oxygen atoms in total. The van der Waals surface area contributed by atoms with E-state index in [-0.39, 0.29) is 12.5 Å². The largest absolute Gasteiger partial charge is 0.394 e. The number of amides is 1. The monoisotopic (exact) mass is 862 g/mol. The van der Waals surface area contributed by atoms with Gasteiger partial charge in [-0.25, -0.2) is 0 Å². The van der Waals surface area contributed by atoms with Gasteiger partial charge in [0.25, 0.3) is 0 Å². The van der Waals surface area contributed by atoms with Crippen LogP contribution in [0.4, 0.5) is 0 Å². The van der Waals surface area contributed by atoms with Crippen LogP contribution in [0.15, 0.2) is 85.1 Å². The minimum absolute atomic E-state index is 0.0777. The maximum Gasteiger partial charge on any atom is 0.220 e. The molecular weight excluding hydrogens is 759 g/mol. The molecule has 0 saturated carbocycles. The quantitative estimate of drug-likeness (QED) is 0.0422. The lowest BCUT2D eigenvalue weighted by Gasteiger charge is -2.19. The van der Waals surface area contributed by atoms with Crippen molar-refractivity contribution in [3.8, 4) is 0 Å². The highest BCUT2D eigenvalue weighted by Gasteiger charge is 2.17. The zero-order valence-corrected chi connectivity index (χ0v) is 41.1. The van der Waals surface area contributed by atoms with Crippen molar-refractivity contribution in [3.05, 3.63) is 85.1 Å². The van der Waals surface area contributed by atoms with Gasteiger partial charge in [-0.2, -0.15) is 0 Å². The molecule has 358 valence electrons. The molecule has 3 N–H and O–H groups in total. The van der Waals surface area contributed by atoms with Crippen LogP contribution in [-0.2, 0) is 4.79 Å². The summed E-state index contributed by atoms with van der Waals surface area (Å²) < 4.78 is 0. The molecule has 0 aliphatic heterocycles. The van der Waals surface area contributed by atoms with Crippen LogP contribution in [0, 0.1) is 0 Å². The molecule has 4 heteroatoms. The first-order chi connectivity index (χ1) is 30.7. The number of carbonyl (C=O) groups excluding carboxylic acids is 1.